The number of aryl methyl sites for hydroxylation is 1. The largest absolute Gasteiger partial charge is 0.449 e. The molecule has 1 saturated heterocycles. The van der Waals surface area contributed by atoms with Gasteiger partial charge in [-0.25, -0.2) is 4.79 Å². The zero-order valence-electron chi connectivity index (χ0n) is 14.7. The van der Waals surface area contributed by atoms with Crippen molar-refractivity contribution >= 4 is 23.5 Å². The van der Waals surface area contributed by atoms with E-state index in [0.29, 0.717) is 18.8 Å². The molecule has 7 heteroatoms. The van der Waals surface area contributed by atoms with E-state index >= 15 is 0 Å². The highest BCUT2D eigenvalue weighted by Gasteiger charge is 2.30. The van der Waals surface area contributed by atoms with Crippen LogP contribution in [0.25, 0.3) is 0 Å². The Hall–Kier alpha value is -1.63. The summed E-state index contributed by atoms with van der Waals surface area (Å²) in [5.41, 5.74) is 0.492. The summed E-state index contributed by atoms with van der Waals surface area (Å²) < 4.78 is 9.49. The van der Waals surface area contributed by atoms with Crippen molar-refractivity contribution in [3.63, 3.8) is 0 Å². The van der Waals surface area contributed by atoms with E-state index in [2.05, 4.69) is 16.6 Å². The minimum Gasteiger partial charge on any atom is -0.449 e. The van der Waals surface area contributed by atoms with Gasteiger partial charge in [0.15, 0.2) is 0 Å². The lowest BCUT2D eigenvalue weighted by Crippen LogP contribution is -2.51. The molecule has 0 spiro atoms. The molecule has 0 unspecified atom stereocenters. The van der Waals surface area contributed by atoms with Crippen molar-refractivity contribution in [3.05, 3.63) is 16.6 Å². The highest BCUT2D eigenvalue weighted by atomic mass is 32.1. The van der Waals surface area contributed by atoms with Crippen LogP contribution in [0.4, 0.5) is 4.79 Å². The lowest BCUT2D eigenvalue weighted by Gasteiger charge is -2.37. The van der Waals surface area contributed by atoms with E-state index in [-0.39, 0.29) is 24.1 Å². The van der Waals surface area contributed by atoms with Gasteiger partial charge in [0, 0.05) is 23.5 Å². The minimum atomic E-state index is -0.243. The number of piperidine rings is 1. The normalized spacial score (nSPS) is 20.7. The molecule has 0 radical (unpaired) electrons. The Morgan fingerprint density at radius 1 is 1.46 bits per heavy atom. The number of hydrogen-bond donors (Lipinski definition) is 1. The Kier molecular flexibility index (Phi) is 7.02. The molecule has 1 aliphatic heterocycles. The molecule has 0 aromatic carbocycles. The monoisotopic (exact) mass is 353 g/mol. The number of ether oxygens (including phenoxy) is 1. The summed E-state index contributed by atoms with van der Waals surface area (Å²) in [6.45, 7) is 7.19. The van der Waals surface area contributed by atoms with Crippen molar-refractivity contribution in [1.82, 2.24) is 14.6 Å². The van der Waals surface area contributed by atoms with Gasteiger partial charge in [0.25, 0.3) is 5.91 Å². The van der Waals surface area contributed by atoms with Crippen molar-refractivity contribution in [3.8, 4) is 0 Å². The second-order valence-corrected chi connectivity index (χ2v) is 7.13. The summed E-state index contributed by atoms with van der Waals surface area (Å²) in [7, 11) is 0. The van der Waals surface area contributed by atoms with Crippen LogP contribution in [0.1, 0.15) is 61.8 Å². The molecule has 1 fully saturated rings. The zero-order chi connectivity index (χ0) is 17.5. The zero-order valence-corrected chi connectivity index (χ0v) is 15.5. The standard InChI is InChI=1S/C17H27N3O3S/c1-4-6-9-23-17(22)20-8-7-13(10-12(20)3)18-16(21)15-11-14(5-2)24-19-15/h11-13H,4-10H2,1-3H3,(H,18,21)/t12-,13-/m0/s1. The van der Waals surface area contributed by atoms with E-state index in [9.17, 15) is 9.59 Å². The molecule has 6 nitrogen and oxygen atoms in total. The molecule has 2 amide bonds. The Labute approximate surface area is 147 Å². The molecule has 1 aromatic rings. The number of likely N-dealkylation sites (tertiary alicyclic amines) is 1. The van der Waals surface area contributed by atoms with Gasteiger partial charge in [0.05, 0.1) is 6.61 Å². The van der Waals surface area contributed by atoms with Gasteiger partial charge < -0.3 is 15.0 Å². The summed E-state index contributed by atoms with van der Waals surface area (Å²) in [4.78, 5) is 27.2. The summed E-state index contributed by atoms with van der Waals surface area (Å²) in [5, 5.41) is 3.04. The van der Waals surface area contributed by atoms with Crippen molar-refractivity contribution in [1.29, 1.82) is 0 Å². The van der Waals surface area contributed by atoms with Gasteiger partial charge in [-0.05, 0) is 50.2 Å². The molecule has 1 N–H and O–H groups in total. The average Bonchev–Trinajstić information content (AvgIpc) is 3.04. The number of nitrogens with zero attached hydrogens (tertiary/aromatic N) is 2. The number of rotatable bonds is 6. The number of aromatic nitrogens is 1. The van der Waals surface area contributed by atoms with Gasteiger partial charge in [0.2, 0.25) is 0 Å². The van der Waals surface area contributed by atoms with Gasteiger partial charge in [-0.2, -0.15) is 4.37 Å². The molecule has 2 atom stereocenters. The topological polar surface area (TPSA) is 71.5 Å². The molecule has 1 aliphatic rings. The third-order valence-corrected chi connectivity index (χ3v) is 5.24. The van der Waals surface area contributed by atoms with Gasteiger partial charge in [-0.15, -0.1) is 0 Å². The Morgan fingerprint density at radius 2 is 2.25 bits per heavy atom. The fourth-order valence-corrected chi connectivity index (χ4v) is 3.45. The van der Waals surface area contributed by atoms with E-state index in [4.69, 9.17) is 4.74 Å². The van der Waals surface area contributed by atoms with Crippen LogP contribution in [0.2, 0.25) is 0 Å². The van der Waals surface area contributed by atoms with E-state index < -0.39 is 0 Å². The number of unbranched alkanes of at least 4 members (excludes halogenated alkanes) is 1. The predicted molar refractivity (Wildman–Crippen MR) is 94.4 cm³/mol. The number of amides is 2. The smallest absolute Gasteiger partial charge is 0.409 e. The second-order valence-electron chi connectivity index (χ2n) is 6.24. The number of carbonyl (C=O) groups excluding carboxylic acids is 2. The van der Waals surface area contributed by atoms with Crippen LogP contribution in [-0.4, -0.2) is 46.5 Å². The average molecular weight is 353 g/mol. The van der Waals surface area contributed by atoms with E-state index in [0.717, 1.165) is 37.0 Å². The first kappa shape index (κ1) is 18.7. The summed E-state index contributed by atoms with van der Waals surface area (Å²) in [5.74, 6) is -0.123. The molecule has 2 rings (SSSR count). The van der Waals surface area contributed by atoms with Crippen LogP contribution in [0.3, 0.4) is 0 Å². The second kappa shape index (κ2) is 9.01. The molecule has 0 aliphatic carbocycles. The quantitative estimate of drug-likeness (QED) is 0.797. The summed E-state index contributed by atoms with van der Waals surface area (Å²) in [6, 6.07) is 1.97. The van der Waals surface area contributed by atoms with Gasteiger partial charge in [-0.1, -0.05) is 20.3 Å². The number of nitrogens with one attached hydrogen (secondary N) is 1. The van der Waals surface area contributed by atoms with Crippen LogP contribution >= 0.6 is 11.5 Å². The van der Waals surface area contributed by atoms with Gasteiger partial charge in [0.1, 0.15) is 5.69 Å². The van der Waals surface area contributed by atoms with Gasteiger partial charge >= 0.3 is 6.09 Å². The van der Waals surface area contributed by atoms with Crippen molar-refractivity contribution < 1.29 is 14.3 Å². The van der Waals surface area contributed by atoms with E-state index in [1.54, 1.807) is 4.90 Å². The maximum Gasteiger partial charge on any atom is 0.409 e. The molecule has 0 saturated carbocycles. The highest BCUT2D eigenvalue weighted by molar-refractivity contribution is 7.05. The number of carbonyl (C=O) groups is 2. The van der Waals surface area contributed by atoms with Crippen LogP contribution in [0, 0.1) is 0 Å². The Balaban J connectivity index is 1.82. The van der Waals surface area contributed by atoms with Crippen LogP contribution < -0.4 is 5.32 Å². The van der Waals surface area contributed by atoms with E-state index in [1.165, 1.54) is 11.5 Å². The molecule has 2 heterocycles. The third kappa shape index (κ3) is 4.93. The molecule has 0 bridgehead atoms. The first-order valence-electron chi connectivity index (χ1n) is 8.75. The van der Waals surface area contributed by atoms with Crippen molar-refractivity contribution in [2.24, 2.45) is 0 Å². The first-order chi connectivity index (χ1) is 11.5. The SMILES string of the molecule is CCCCOC(=O)N1CC[C@H](NC(=O)c2cc(CC)sn2)C[C@@H]1C. The molecular formula is C17H27N3O3S. The van der Waals surface area contributed by atoms with Gasteiger partial charge in [-0.3, -0.25) is 4.79 Å². The summed E-state index contributed by atoms with van der Waals surface area (Å²) >= 11 is 1.37. The Morgan fingerprint density at radius 3 is 2.88 bits per heavy atom. The lowest BCUT2D eigenvalue weighted by atomic mass is 9.98. The fourth-order valence-electron chi connectivity index (χ4n) is 2.81. The van der Waals surface area contributed by atoms with E-state index in [1.807, 2.05) is 19.9 Å². The molecule has 1 aromatic heterocycles. The molecule has 24 heavy (non-hydrogen) atoms. The molecular weight excluding hydrogens is 326 g/mol. The van der Waals surface area contributed by atoms with Crippen molar-refractivity contribution in [2.75, 3.05) is 13.2 Å². The Bertz CT molecular complexity index is 561. The first-order valence-corrected chi connectivity index (χ1v) is 9.52. The summed E-state index contributed by atoms with van der Waals surface area (Å²) in [6.07, 6.45) is 4.02. The number of hydrogen-bond acceptors (Lipinski definition) is 5. The maximum absolute atomic E-state index is 12.3. The fraction of sp³-hybridized carbons (Fsp3) is 0.706. The van der Waals surface area contributed by atoms with Crippen LogP contribution in [-0.2, 0) is 11.2 Å². The van der Waals surface area contributed by atoms with Crippen LogP contribution in [0.5, 0.6) is 0 Å². The minimum absolute atomic E-state index is 0.0554. The van der Waals surface area contributed by atoms with Crippen molar-refractivity contribution in [2.45, 2.75) is 65.0 Å². The predicted octanol–water partition coefficient (Wildman–Crippen LogP) is 3.22. The lowest BCUT2D eigenvalue weighted by molar-refractivity contribution is 0.0676. The highest BCUT2D eigenvalue weighted by Crippen LogP contribution is 2.19. The third-order valence-electron chi connectivity index (χ3n) is 4.31. The molecule has 134 valence electrons. The maximum atomic E-state index is 12.3. The van der Waals surface area contributed by atoms with Crippen LogP contribution in [0.15, 0.2) is 6.07 Å².